The molecule has 0 radical (unpaired) electrons. The highest BCUT2D eigenvalue weighted by molar-refractivity contribution is 7.84. The summed E-state index contributed by atoms with van der Waals surface area (Å²) in [5.74, 6) is 0.334. The van der Waals surface area contributed by atoms with Gasteiger partial charge >= 0.3 is 0 Å². The van der Waals surface area contributed by atoms with Crippen molar-refractivity contribution in [2.45, 2.75) is 17.6 Å². The van der Waals surface area contributed by atoms with Crippen LogP contribution in [0.2, 0.25) is 0 Å². The van der Waals surface area contributed by atoms with Crippen molar-refractivity contribution in [3.8, 4) is 0 Å². The van der Waals surface area contributed by atoms with Gasteiger partial charge in [-0.3, -0.25) is 8.89 Å². The largest absolute Gasteiger partial charge is 0.398 e. The molecule has 90 valence electrons. The van der Waals surface area contributed by atoms with E-state index in [1.807, 2.05) is 19.1 Å². The van der Waals surface area contributed by atoms with Crippen LogP contribution >= 0.6 is 0 Å². The topological polar surface area (TPSA) is 73.8 Å². The van der Waals surface area contributed by atoms with Gasteiger partial charge in [0.2, 0.25) is 0 Å². The summed E-state index contributed by atoms with van der Waals surface area (Å²) in [4.78, 5) is 0.654. The predicted molar refractivity (Wildman–Crippen MR) is 66.7 cm³/mol. The van der Waals surface area contributed by atoms with Crippen LogP contribution in [0.5, 0.6) is 0 Å². The lowest BCUT2D eigenvalue weighted by atomic mass is 10.2. The molecular weight excluding hydrogens is 236 g/mol. The Bertz CT molecular complexity index is 564. The van der Waals surface area contributed by atoms with E-state index in [1.165, 1.54) is 0 Å². The number of hydrogen-bond donors (Lipinski definition) is 1. The van der Waals surface area contributed by atoms with E-state index in [0.717, 1.165) is 5.56 Å². The Kier molecular flexibility index (Phi) is 3.23. The Morgan fingerprint density at radius 1 is 1.47 bits per heavy atom. The Hall–Kier alpha value is -1.69. The summed E-state index contributed by atoms with van der Waals surface area (Å²) >= 11 is 0. The lowest BCUT2D eigenvalue weighted by molar-refractivity contribution is 0.682. The predicted octanol–water partition coefficient (Wildman–Crippen LogP) is 1.01. The number of nitrogen functional groups attached to an aromatic ring is 1. The zero-order chi connectivity index (χ0) is 12.4. The normalized spacial score (nSPS) is 12.6. The number of hydrogen-bond acceptors (Lipinski definition) is 4. The minimum atomic E-state index is -1.18. The average Bonchev–Trinajstić information content (AvgIpc) is 2.63. The summed E-state index contributed by atoms with van der Waals surface area (Å²) < 4.78 is 13.7. The van der Waals surface area contributed by atoms with Crippen molar-refractivity contribution in [3.63, 3.8) is 0 Å². The molecule has 0 aliphatic rings. The van der Waals surface area contributed by atoms with E-state index in [4.69, 9.17) is 5.73 Å². The van der Waals surface area contributed by atoms with Gasteiger partial charge in [-0.1, -0.05) is 11.3 Å². The number of benzene rings is 1. The number of anilines is 1. The standard InChI is InChI=1S/C11H14N4OS/c1-8-3-4-11(10(12)5-8)17(16)7-9-6-15(2)14-13-9/h3-6H,7,12H2,1-2H3. The Balaban J connectivity index is 2.20. The van der Waals surface area contributed by atoms with Crippen LogP contribution in [0, 0.1) is 6.92 Å². The van der Waals surface area contributed by atoms with Crippen LogP contribution in [0.15, 0.2) is 29.3 Å². The number of aromatic nitrogens is 3. The van der Waals surface area contributed by atoms with Crippen molar-refractivity contribution >= 4 is 16.5 Å². The molecule has 17 heavy (non-hydrogen) atoms. The third kappa shape index (κ3) is 2.71. The molecule has 2 rings (SSSR count). The number of nitrogens with zero attached hydrogens (tertiary/aromatic N) is 3. The highest BCUT2D eigenvalue weighted by Gasteiger charge is 2.10. The molecule has 1 atom stereocenters. The van der Waals surface area contributed by atoms with E-state index in [-0.39, 0.29) is 0 Å². The number of aryl methyl sites for hydroxylation is 2. The summed E-state index contributed by atoms with van der Waals surface area (Å²) in [7, 11) is 0.596. The van der Waals surface area contributed by atoms with Crippen LogP contribution in [-0.4, -0.2) is 19.2 Å². The molecule has 0 saturated carbocycles. The molecule has 0 aliphatic heterocycles. The van der Waals surface area contributed by atoms with E-state index in [1.54, 1.807) is 24.0 Å². The molecule has 0 fully saturated rings. The minimum Gasteiger partial charge on any atom is -0.398 e. The Morgan fingerprint density at radius 2 is 2.24 bits per heavy atom. The van der Waals surface area contributed by atoms with Gasteiger partial charge in [-0.05, 0) is 24.6 Å². The molecule has 1 aromatic carbocycles. The zero-order valence-electron chi connectivity index (χ0n) is 9.75. The molecule has 0 aliphatic carbocycles. The van der Waals surface area contributed by atoms with Gasteiger partial charge in [0.05, 0.1) is 27.1 Å². The van der Waals surface area contributed by atoms with E-state index in [9.17, 15) is 4.21 Å². The van der Waals surface area contributed by atoms with Crippen LogP contribution in [0.25, 0.3) is 0 Å². The molecule has 2 N–H and O–H groups in total. The second kappa shape index (κ2) is 4.67. The molecule has 6 heteroatoms. The lowest BCUT2D eigenvalue weighted by Gasteiger charge is -2.05. The number of rotatable bonds is 3. The minimum absolute atomic E-state index is 0.334. The maximum Gasteiger partial charge on any atom is 0.0955 e. The highest BCUT2D eigenvalue weighted by Crippen LogP contribution is 2.19. The SMILES string of the molecule is Cc1ccc(S(=O)Cc2cn(C)nn2)c(N)c1. The molecule has 2 aromatic rings. The van der Waals surface area contributed by atoms with Crippen LogP contribution in [0.1, 0.15) is 11.3 Å². The lowest BCUT2D eigenvalue weighted by Crippen LogP contribution is -2.01. The molecule has 0 saturated heterocycles. The molecule has 1 aromatic heterocycles. The molecule has 0 amide bonds. The fourth-order valence-corrected chi connectivity index (χ4v) is 2.65. The summed E-state index contributed by atoms with van der Waals surface area (Å²) in [6, 6.07) is 5.53. The van der Waals surface area contributed by atoms with Crippen molar-refractivity contribution in [1.29, 1.82) is 0 Å². The van der Waals surface area contributed by atoms with Gasteiger partial charge in [0.25, 0.3) is 0 Å². The first-order valence-electron chi connectivity index (χ1n) is 5.16. The van der Waals surface area contributed by atoms with E-state index in [2.05, 4.69) is 10.3 Å². The Labute approximate surface area is 102 Å². The molecule has 5 nitrogen and oxygen atoms in total. The molecule has 0 bridgehead atoms. The summed E-state index contributed by atoms with van der Waals surface area (Å²) in [6.07, 6.45) is 1.75. The van der Waals surface area contributed by atoms with Gasteiger partial charge in [-0.15, -0.1) is 5.10 Å². The van der Waals surface area contributed by atoms with Gasteiger partial charge < -0.3 is 5.73 Å². The first-order chi connectivity index (χ1) is 8.06. The van der Waals surface area contributed by atoms with Gasteiger partial charge in [0, 0.05) is 18.9 Å². The van der Waals surface area contributed by atoms with E-state index < -0.39 is 10.8 Å². The van der Waals surface area contributed by atoms with Gasteiger partial charge in [-0.25, -0.2) is 0 Å². The second-order valence-electron chi connectivity index (χ2n) is 3.91. The highest BCUT2D eigenvalue weighted by atomic mass is 32.2. The number of nitrogens with two attached hydrogens (primary N) is 1. The monoisotopic (exact) mass is 250 g/mol. The van der Waals surface area contributed by atoms with Crippen LogP contribution < -0.4 is 5.73 Å². The average molecular weight is 250 g/mol. The maximum atomic E-state index is 12.1. The molecule has 1 unspecified atom stereocenters. The first-order valence-corrected chi connectivity index (χ1v) is 6.48. The fraction of sp³-hybridized carbons (Fsp3) is 0.273. The van der Waals surface area contributed by atoms with Gasteiger partial charge in [-0.2, -0.15) is 0 Å². The summed E-state index contributed by atoms with van der Waals surface area (Å²) in [5, 5.41) is 7.71. The van der Waals surface area contributed by atoms with E-state index >= 15 is 0 Å². The Morgan fingerprint density at radius 3 is 2.82 bits per heavy atom. The second-order valence-corrected chi connectivity index (χ2v) is 5.33. The summed E-state index contributed by atoms with van der Waals surface area (Å²) in [6.45, 7) is 1.95. The van der Waals surface area contributed by atoms with Crippen molar-refractivity contribution in [2.75, 3.05) is 5.73 Å². The zero-order valence-corrected chi connectivity index (χ0v) is 10.6. The third-order valence-electron chi connectivity index (χ3n) is 2.34. The smallest absolute Gasteiger partial charge is 0.0955 e. The van der Waals surface area contributed by atoms with Gasteiger partial charge in [0.1, 0.15) is 0 Å². The van der Waals surface area contributed by atoms with Crippen molar-refractivity contribution in [1.82, 2.24) is 15.0 Å². The molecule has 0 spiro atoms. The van der Waals surface area contributed by atoms with Crippen molar-refractivity contribution in [2.24, 2.45) is 7.05 Å². The van der Waals surface area contributed by atoms with Crippen LogP contribution in [0.3, 0.4) is 0 Å². The van der Waals surface area contributed by atoms with Crippen LogP contribution in [0.4, 0.5) is 5.69 Å². The fourth-order valence-electron chi connectivity index (χ4n) is 1.55. The van der Waals surface area contributed by atoms with Gasteiger partial charge in [0.15, 0.2) is 0 Å². The summed E-state index contributed by atoms with van der Waals surface area (Å²) in [5.41, 5.74) is 8.17. The quantitative estimate of drug-likeness (QED) is 0.825. The first kappa shape index (κ1) is 11.8. The maximum absolute atomic E-state index is 12.1. The van der Waals surface area contributed by atoms with E-state index in [0.29, 0.717) is 22.0 Å². The van der Waals surface area contributed by atoms with Crippen molar-refractivity contribution < 1.29 is 4.21 Å². The molecular formula is C11H14N4OS. The third-order valence-corrected chi connectivity index (χ3v) is 3.76. The molecule has 1 heterocycles. The van der Waals surface area contributed by atoms with Crippen molar-refractivity contribution in [3.05, 3.63) is 35.7 Å². The van der Waals surface area contributed by atoms with Crippen LogP contribution in [-0.2, 0) is 23.6 Å².